The minimum Gasteiger partial charge on any atom is -0.493 e. The molecule has 0 spiro atoms. The van der Waals surface area contributed by atoms with Crippen LogP contribution in [0, 0.1) is 18.8 Å². The van der Waals surface area contributed by atoms with Crippen molar-refractivity contribution in [2.75, 3.05) is 20.2 Å². The van der Waals surface area contributed by atoms with Gasteiger partial charge in [-0.3, -0.25) is 9.20 Å². The molecular formula is C18H27N3O2. The largest absolute Gasteiger partial charge is 0.493 e. The van der Waals surface area contributed by atoms with Crippen LogP contribution in [0.1, 0.15) is 43.9 Å². The van der Waals surface area contributed by atoms with Crippen LogP contribution >= 0.6 is 0 Å². The third-order valence-electron chi connectivity index (χ3n) is 3.67. The van der Waals surface area contributed by atoms with Gasteiger partial charge in [0.1, 0.15) is 5.69 Å². The summed E-state index contributed by atoms with van der Waals surface area (Å²) in [7, 11) is 1.62. The first-order valence-electron chi connectivity index (χ1n) is 8.16. The van der Waals surface area contributed by atoms with Crippen molar-refractivity contribution < 1.29 is 9.53 Å². The summed E-state index contributed by atoms with van der Waals surface area (Å²) < 4.78 is 7.19. The van der Waals surface area contributed by atoms with Gasteiger partial charge in [0.15, 0.2) is 11.4 Å². The van der Waals surface area contributed by atoms with Gasteiger partial charge in [-0.05, 0) is 30.9 Å². The molecule has 0 saturated heterocycles. The molecule has 2 rings (SSSR count). The number of imidazole rings is 1. The molecule has 0 aromatic carbocycles. The standard InChI is InChI=1S/C18H27N3O2/c1-12(2)10-20(11-13(3)4)18(22)16-14(5)19-17-15(23-6)8-7-9-21(16)17/h7-9,12-13H,10-11H2,1-6H3. The first-order chi connectivity index (χ1) is 10.8. The van der Waals surface area contributed by atoms with Gasteiger partial charge in [-0.1, -0.05) is 27.7 Å². The van der Waals surface area contributed by atoms with Crippen molar-refractivity contribution in [2.24, 2.45) is 11.8 Å². The van der Waals surface area contributed by atoms with E-state index in [2.05, 4.69) is 32.7 Å². The molecule has 2 heterocycles. The number of amides is 1. The highest BCUT2D eigenvalue weighted by atomic mass is 16.5. The van der Waals surface area contributed by atoms with Crippen molar-refractivity contribution in [1.82, 2.24) is 14.3 Å². The van der Waals surface area contributed by atoms with Crippen LogP contribution in [-0.4, -0.2) is 40.4 Å². The Balaban J connectivity index is 2.48. The molecule has 1 amide bonds. The summed E-state index contributed by atoms with van der Waals surface area (Å²) in [6.45, 7) is 11.9. The zero-order chi connectivity index (χ0) is 17.1. The van der Waals surface area contributed by atoms with Gasteiger partial charge in [-0.15, -0.1) is 0 Å². The van der Waals surface area contributed by atoms with E-state index in [9.17, 15) is 4.79 Å². The van der Waals surface area contributed by atoms with E-state index in [0.717, 1.165) is 18.8 Å². The SMILES string of the molecule is COc1cccn2c(C(=O)N(CC(C)C)CC(C)C)c(C)nc12. The van der Waals surface area contributed by atoms with Gasteiger partial charge < -0.3 is 9.64 Å². The summed E-state index contributed by atoms with van der Waals surface area (Å²) in [5.74, 6) is 1.55. The number of carbonyl (C=O) groups is 1. The van der Waals surface area contributed by atoms with Gasteiger partial charge in [0.05, 0.1) is 12.8 Å². The van der Waals surface area contributed by atoms with Gasteiger partial charge in [0.2, 0.25) is 0 Å². The molecule has 2 aromatic heterocycles. The van der Waals surface area contributed by atoms with Gasteiger partial charge in [0, 0.05) is 19.3 Å². The molecule has 0 N–H and O–H groups in total. The number of nitrogens with zero attached hydrogens (tertiary/aromatic N) is 3. The maximum Gasteiger partial charge on any atom is 0.272 e. The van der Waals surface area contributed by atoms with Crippen LogP contribution in [-0.2, 0) is 0 Å². The Bertz CT molecular complexity index is 679. The number of rotatable bonds is 6. The van der Waals surface area contributed by atoms with Crippen LogP contribution in [0.5, 0.6) is 5.75 Å². The van der Waals surface area contributed by atoms with Crippen LogP contribution in [0.2, 0.25) is 0 Å². The average Bonchev–Trinajstić information content (AvgIpc) is 2.80. The van der Waals surface area contributed by atoms with Crippen molar-refractivity contribution in [1.29, 1.82) is 0 Å². The molecule has 0 bridgehead atoms. The molecule has 2 aromatic rings. The molecule has 0 radical (unpaired) electrons. The van der Waals surface area contributed by atoms with Gasteiger partial charge in [-0.25, -0.2) is 4.98 Å². The number of ether oxygens (including phenoxy) is 1. The van der Waals surface area contributed by atoms with Crippen LogP contribution in [0.15, 0.2) is 18.3 Å². The lowest BCUT2D eigenvalue weighted by atomic mass is 10.1. The Morgan fingerprint density at radius 1 is 1.26 bits per heavy atom. The van der Waals surface area contributed by atoms with E-state index in [1.165, 1.54) is 0 Å². The normalized spacial score (nSPS) is 11.5. The summed E-state index contributed by atoms with van der Waals surface area (Å²) in [6.07, 6.45) is 1.87. The highest BCUT2D eigenvalue weighted by Gasteiger charge is 2.24. The number of hydrogen-bond donors (Lipinski definition) is 0. The predicted octanol–water partition coefficient (Wildman–Crippen LogP) is 3.41. The summed E-state index contributed by atoms with van der Waals surface area (Å²) in [5.41, 5.74) is 2.04. The van der Waals surface area contributed by atoms with Crippen molar-refractivity contribution >= 4 is 11.6 Å². The fourth-order valence-corrected chi connectivity index (χ4v) is 2.84. The van der Waals surface area contributed by atoms with E-state index in [4.69, 9.17) is 4.74 Å². The maximum absolute atomic E-state index is 13.1. The Morgan fingerprint density at radius 3 is 2.39 bits per heavy atom. The fraction of sp³-hybridized carbons (Fsp3) is 0.556. The van der Waals surface area contributed by atoms with E-state index in [1.807, 2.05) is 34.6 Å². The maximum atomic E-state index is 13.1. The second-order valence-electron chi connectivity index (χ2n) is 6.81. The summed E-state index contributed by atoms with van der Waals surface area (Å²) >= 11 is 0. The molecule has 0 fully saturated rings. The number of hydrogen-bond acceptors (Lipinski definition) is 3. The molecule has 0 aliphatic carbocycles. The topological polar surface area (TPSA) is 46.8 Å². The van der Waals surface area contributed by atoms with Crippen molar-refractivity contribution in [3.63, 3.8) is 0 Å². The smallest absolute Gasteiger partial charge is 0.272 e. The van der Waals surface area contributed by atoms with Gasteiger partial charge >= 0.3 is 0 Å². The third-order valence-corrected chi connectivity index (χ3v) is 3.67. The van der Waals surface area contributed by atoms with Crippen molar-refractivity contribution in [3.8, 4) is 5.75 Å². The summed E-state index contributed by atoms with van der Waals surface area (Å²) in [4.78, 5) is 19.6. The zero-order valence-electron chi connectivity index (χ0n) is 15.0. The number of carbonyl (C=O) groups excluding carboxylic acids is 1. The molecule has 5 heteroatoms. The Labute approximate surface area is 138 Å². The number of aromatic nitrogens is 2. The minimum atomic E-state index is 0.0330. The first-order valence-corrected chi connectivity index (χ1v) is 8.16. The summed E-state index contributed by atoms with van der Waals surface area (Å²) in [5, 5.41) is 0. The zero-order valence-corrected chi connectivity index (χ0v) is 15.0. The van der Waals surface area contributed by atoms with Crippen molar-refractivity contribution in [3.05, 3.63) is 29.7 Å². The van der Waals surface area contributed by atoms with Crippen LogP contribution in [0.3, 0.4) is 0 Å². The van der Waals surface area contributed by atoms with E-state index < -0.39 is 0 Å². The lowest BCUT2D eigenvalue weighted by Gasteiger charge is -2.26. The van der Waals surface area contributed by atoms with Crippen LogP contribution in [0.4, 0.5) is 0 Å². The molecule has 23 heavy (non-hydrogen) atoms. The molecule has 0 aliphatic rings. The molecule has 0 unspecified atom stereocenters. The van der Waals surface area contributed by atoms with E-state index in [1.54, 1.807) is 7.11 Å². The molecular weight excluding hydrogens is 290 g/mol. The fourth-order valence-electron chi connectivity index (χ4n) is 2.84. The minimum absolute atomic E-state index is 0.0330. The Kier molecular flexibility index (Phi) is 5.29. The molecule has 0 atom stereocenters. The average molecular weight is 317 g/mol. The molecule has 0 saturated carbocycles. The van der Waals surface area contributed by atoms with Crippen LogP contribution < -0.4 is 4.74 Å². The number of pyridine rings is 1. The quantitative estimate of drug-likeness (QED) is 0.820. The Morgan fingerprint density at radius 2 is 1.87 bits per heavy atom. The van der Waals surface area contributed by atoms with E-state index in [0.29, 0.717) is 28.9 Å². The number of methoxy groups -OCH3 is 1. The number of aryl methyl sites for hydroxylation is 1. The van der Waals surface area contributed by atoms with Crippen LogP contribution in [0.25, 0.3) is 5.65 Å². The summed E-state index contributed by atoms with van der Waals surface area (Å²) in [6, 6.07) is 3.73. The predicted molar refractivity (Wildman–Crippen MR) is 92.1 cm³/mol. The second kappa shape index (κ2) is 7.02. The van der Waals surface area contributed by atoms with Gasteiger partial charge in [-0.2, -0.15) is 0 Å². The molecule has 126 valence electrons. The monoisotopic (exact) mass is 317 g/mol. The van der Waals surface area contributed by atoms with E-state index in [-0.39, 0.29) is 5.91 Å². The second-order valence-corrected chi connectivity index (χ2v) is 6.81. The third kappa shape index (κ3) is 3.66. The highest BCUT2D eigenvalue weighted by Crippen LogP contribution is 2.23. The highest BCUT2D eigenvalue weighted by molar-refractivity contribution is 5.95. The first kappa shape index (κ1) is 17.3. The molecule has 0 aliphatic heterocycles. The lowest BCUT2D eigenvalue weighted by Crippen LogP contribution is -2.38. The Hall–Kier alpha value is -2.04. The number of fused-ring (bicyclic) bond motifs is 1. The van der Waals surface area contributed by atoms with Gasteiger partial charge in [0.25, 0.3) is 5.91 Å². The lowest BCUT2D eigenvalue weighted by molar-refractivity contribution is 0.0707. The molecule has 5 nitrogen and oxygen atoms in total. The van der Waals surface area contributed by atoms with E-state index >= 15 is 0 Å². The van der Waals surface area contributed by atoms with Crippen molar-refractivity contribution in [2.45, 2.75) is 34.6 Å².